The first-order chi connectivity index (χ1) is 14.3. The maximum Gasteiger partial charge on any atom is 0.244 e. The molecule has 3 aromatic rings. The number of rotatable bonds is 4. The van der Waals surface area contributed by atoms with E-state index in [-0.39, 0.29) is 0 Å². The molecule has 142 valence electrons. The van der Waals surface area contributed by atoms with Crippen molar-refractivity contribution in [3.05, 3.63) is 90.2 Å². The van der Waals surface area contributed by atoms with Gasteiger partial charge in [0.1, 0.15) is 0 Å². The molecule has 1 aromatic heterocycles. The summed E-state index contributed by atoms with van der Waals surface area (Å²) in [6.45, 7) is 2.08. The van der Waals surface area contributed by atoms with E-state index in [9.17, 15) is 0 Å². The second-order valence-corrected chi connectivity index (χ2v) is 7.29. The van der Waals surface area contributed by atoms with E-state index >= 15 is 0 Å². The summed E-state index contributed by atoms with van der Waals surface area (Å²) in [5.41, 5.74) is 8.02. The first-order valence-corrected chi connectivity index (χ1v) is 9.72. The van der Waals surface area contributed by atoms with Crippen LogP contribution in [0.15, 0.2) is 89.7 Å². The molecule has 0 fully saturated rings. The first kappa shape index (κ1) is 17.4. The predicted molar refractivity (Wildman–Crippen MR) is 119 cm³/mol. The molecule has 0 saturated carbocycles. The van der Waals surface area contributed by atoms with E-state index in [0.717, 1.165) is 27.9 Å². The van der Waals surface area contributed by atoms with Crippen molar-refractivity contribution in [1.29, 1.82) is 0 Å². The number of aryl methyl sites for hydroxylation is 1. The number of anilines is 1. The molecule has 29 heavy (non-hydrogen) atoms. The molecule has 2 atom stereocenters. The third kappa shape index (κ3) is 3.55. The van der Waals surface area contributed by atoms with Gasteiger partial charge in [0.25, 0.3) is 0 Å². The largest absolute Gasteiger partial charge is 0.377 e. The zero-order valence-electron chi connectivity index (χ0n) is 16.1. The topological polar surface area (TPSA) is 62.2 Å². The van der Waals surface area contributed by atoms with Gasteiger partial charge in [0.05, 0.1) is 29.2 Å². The fourth-order valence-electron chi connectivity index (χ4n) is 3.72. The van der Waals surface area contributed by atoms with Crippen LogP contribution in [0.25, 0.3) is 22.2 Å². The molecule has 2 aliphatic rings. The van der Waals surface area contributed by atoms with Crippen molar-refractivity contribution in [2.24, 2.45) is 11.0 Å². The highest BCUT2D eigenvalue weighted by Crippen LogP contribution is 2.28. The van der Waals surface area contributed by atoms with E-state index in [1.807, 2.05) is 24.3 Å². The molecule has 5 rings (SSSR count). The number of hydrogen-bond acceptors (Lipinski definition) is 5. The van der Waals surface area contributed by atoms with Crippen LogP contribution in [0.3, 0.4) is 0 Å². The molecular weight excluding hydrogens is 358 g/mol. The lowest BCUT2D eigenvalue weighted by Crippen LogP contribution is -2.26. The van der Waals surface area contributed by atoms with Gasteiger partial charge in [-0.2, -0.15) is 5.10 Å². The summed E-state index contributed by atoms with van der Waals surface area (Å²) in [6, 6.07) is 16.7. The average Bonchev–Trinajstić information content (AvgIpc) is 3.17. The van der Waals surface area contributed by atoms with Crippen LogP contribution in [-0.2, 0) is 0 Å². The monoisotopic (exact) mass is 379 g/mol. The summed E-state index contributed by atoms with van der Waals surface area (Å²) < 4.78 is 0. The Balaban J connectivity index is 1.44. The zero-order chi connectivity index (χ0) is 19.6. The Kier molecular flexibility index (Phi) is 4.41. The van der Waals surface area contributed by atoms with E-state index in [1.54, 1.807) is 6.21 Å². The predicted octanol–water partition coefficient (Wildman–Crippen LogP) is 4.60. The first-order valence-electron chi connectivity index (χ1n) is 9.72. The van der Waals surface area contributed by atoms with Gasteiger partial charge in [-0.05, 0) is 19.1 Å². The lowest BCUT2D eigenvalue weighted by molar-refractivity contribution is 0.645. The fourth-order valence-corrected chi connectivity index (χ4v) is 3.72. The van der Waals surface area contributed by atoms with E-state index in [0.29, 0.717) is 17.9 Å². The summed E-state index contributed by atoms with van der Waals surface area (Å²) in [4.78, 5) is 9.39. The summed E-state index contributed by atoms with van der Waals surface area (Å²) in [7, 11) is 0. The fraction of sp³-hybridized carbons (Fsp3) is 0.125. The van der Waals surface area contributed by atoms with Crippen molar-refractivity contribution in [3.63, 3.8) is 0 Å². The van der Waals surface area contributed by atoms with Crippen molar-refractivity contribution < 1.29 is 0 Å². The summed E-state index contributed by atoms with van der Waals surface area (Å²) >= 11 is 0. The molecule has 0 amide bonds. The number of benzene rings is 2. The van der Waals surface area contributed by atoms with Crippen molar-refractivity contribution in [2.75, 3.05) is 5.43 Å². The Hall–Kier alpha value is -3.73. The van der Waals surface area contributed by atoms with Crippen LogP contribution in [0.1, 0.15) is 5.56 Å². The number of aromatic nitrogens is 2. The molecule has 5 nitrogen and oxygen atoms in total. The van der Waals surface area contributed by atoms with Crippen LogP contribution in [0, 0.1) is 12.8 Å². The van der Waals surface area contributed by atoms with Gasteiger partial charge in [-0.25, -0.2) is 15.4 Å². The molecule has 0 saturated heterocycles. The SMILES string of the molecule is Cc1ccc2nc(N/N=C/C3=CC4C=CC=CC4N3)nc(-c3ccccc3)c2c1. The van der Waals surface area contributed by atoms with Gasteiger partial charge in [0, 0.05) is 16.9 Å². The summed E-state index contributed by atoms with van der Waals surface area (Å²) in [5.74, 6) is 0.860. The second-order valence-electron chi connectivity index (χ2n) is 7.29. The Morgan fingerprint density at radius 3 is 2.76 bits per heavy atom. The second kappa shape index (κ2) is 7.36. The Bertz CT molecular complexity index is 1170. The Labute approximate surface area is 169 Å². The molecular formula is C24H21N5. The third-order valence-corrected chi connectivity index (χ3v) is 5.15. The molecule has 0 radical (unpaired) electrons. The number of hydrazone groups is 1. The van der Waals surface area contributed by atoms with Gasteiger partial charge < -0.3 is 5.32 Å². The van der Waals surface area contributed by atoms with Crippen LogP contribution >= 0.6 is 0 Å². The summed E-state index contributed by atoms with van der Waals surface area (Å²) in [5, 5.41) is 8.84. The van der Waals surface area contributed by atoms with Crippen LogP contribution in [0.2, 0.25) is 0 Å². The molecule has 5 heteroatoms. The van der Waals surface area contributed by atoms with Crippen molar-refractivity contribution in [1.82, 2.24) is 15.3 Å². The van der Waals surface area contributed by atoms with Crippen molar-refractivity contribution in [3.8, 4) is 11.3 Å². The van der Waals surface area contributed by atoms with Crippen LogP contribution < -0.4 is 10.7 Å². The number of nitrogens with one attached hydrogen (secondary N) is 2. The minimum Gasteiger partial charge on any atom is -0.377 e. The Morgan fingerprint density at radius 1 is 1.03 bits per heavy atom. The lowest BCUT2D eigenvalue weighted by atomic mass is 9.98. The van der Waals surface area contributed by atoms with Gasteiger partial charge in [-0.15, -0.1) is 0 Å². The standard InChI is InChI=1S/C24H21N5/c1-16-11-12-22-20(13-16)23(17-7-3-2-4-8-17)28-24(27-22)29-25-15-19-14-18-9-5-6-10-21(18)26-19/h2-15,18,21,26H,1H3,(H,27,28,29)/b25-15+. The zero-order valence-corrected chi connectivity index (χ0v) is 16.1. The number of fused-ring (bicyclic) bond motifs is 2. The van der Waals surface area contributed by atoms with Crippen molar-refractivity contribution in [2.45, 2.75) is 13.0 Å². The van der Waals surface area contributed by atoms with E-state index in [2.05, 4.69) is 82.4 Å². The Morgan fingerprint density at radius 2 is 1.90 bits per heavy atom. The van der Waals surface area contributed by atoms with Crippen LogP contribution in [-0.4, -0.2) is 22.2 Å². The maximum absolute atomic E-state index is 4.75. The van der Waals surface area contributed by atoms with Crippen LogP contribution in [0.4, 0.5) is 5.95 Å². The minimum absolute atomic E-state index is 0.311. The molecule has 0 bridgehead atoms. The molecule has 1 aliphatic carbocycles. The van der Waals surface area contributed by atoms with Gasteiger partial charge in [-0.1, -0.05) is 72.3 Å². The molecule has 2 heterocycles. The molecule has 2 unspecified atom stereocenters. The molecule has 2 aromatic carbocycles. The number of nitrogens with zero attached hydrogens (tertiary/aromatic N) is 3. The summed E-state index contributed by atoms with van der Waals surface area (Å²) in [6.07, 6.45) is 12.5. The highest BCUT2D eigenvalue weighted by Gasteiger charge is 2.22. The van der Waals surface area contributed by atoms with Gasteiger partial charge in [-0.3, -0.25) is 0 Å². The smallest absolute Gasteiger partial charge is 0.244 e. The molecule has 2 N–H and O–H groups in total. The van der Waals surface area contributed by atoms with E-state index in [1.165, 1.54) is 5.56 Å². The van der Waals surface area contributed by atoms with E-state index < -0.39 is 0 Å². The highest BCUT2D eigenvalue weighted by atomic mass is 15.3. The van der Waals surface area contributed by atoms with Crippen molar-refractivity contribution >= 4 is 23.1 Å². The third-order valence-electron chi connectivity index (χ3n) is 5.15. The quantitative estimate of drug-likeness (QED) is 0.514. The maximum atomic E-state index is 4.75. The average molecular weight is 379 g/mol. The minimum atomic E-state index is 0.311. The normalized spacial score (nSPS) is 20.0. The highest BCUT2D eigenvalue weighted by molar-refractivity contribution is 5.93. The molecule has 0 spiro atoms. The van der Waals surface area contributed by atoms with Gasteiger partial charge in [0.15, 0.2) is 0 Å². The van der Waals surface area contributed by atoms with Gasteiger partial charge in [0.2, 0.25) is 5.95 Å². The van der Waals surface area contributed by atoms with E-state index in [4.69, 9.17) is 4.98 Å². The van der Waals surface area contributed by atoms with Crippen LogP contribution in [0.5, 0.6) is 0 Å². The lowest BCUT2D eigenvalue weighted by Gasteiger charge is -2.15. The molecule has 1 aliphatic heterocycles. The number of hydrogen-bond donors (Lipinski definition) is 2. The van der Waals surface area contributed by atoms with Gasteiger partial charge >= 0.3 is 0 Å². The number of allylic oxidation sites excluding steroid dienone is 3.